The quantitative estimate of drug-likeness (QED) is 0.776. The van der Waals surface area contributed by atoms with Gasteiger partial charge in [0.05, 0.1) is 16.7 Å². The van der Waals surface area contributed by atoms with Gasteiger partial charge in [-0.25, -0.2) is 4.98 Å². The first-order valence-electron chi connectivity index (χ1n) is 6.12. The van der Waals surface area contributed by atoms with Crippen LogP contribution in [0.15, 0.2) is 42.0 Å². The van der Waals surface area contributed by atoms with Crippen LogP contribution in [-0.4, -0.2) is 15.9 Å². The maximum absolute atomic E-state index is 12.8. The van der Waals surface area contributed by atoms with Crippen molar-refractivity contribution in [2.75, 3.05) is 5.32 Å². The molecule has 0 radical (unpaired) electrons. The van der Waals surface area contributed by atoms with Crippen LogP contribution in [0.4, 0.5) is 18.9 Å². The summed E-state index contributed by atoms with van der Waals surface area (Å²) in [6.45, 7) is 0. The number of alkyl halides is 3. The van der Waals surface area contributed by atoms with Gasteiger partial charge in [0.1, 0.15) is 4.88 Å². The molecular weight excluding hydrogens is 315 g/mol. The molecule has 0 unspecified atom stereocenters. The second-order valence-electron chi connectivity index (χ2n) is 4.36. The van der Waals surface area contributed by atoms with Crippen molar-refractivity contribution >= 4 is 33.8 Å². The van der Waals surface area contributed by atoms with Crippen molar-refractivity contribution in [3.8, 4) is 0 Å². The van der Waals surface area contributed by atoms with E-state index in [4.69, 9.17) is 0 Å². The standard InChI is InChI=1S/C14H8F3N3OS/c15-14(16,17)12-11(22-7-19-12)13(21)20-9-5-1-3-8-4-2-6-18-10(8)9/h1-7H,(H,20,21). The minimum atomic E-state index is -4.66. The van der Waals surface area contributed by atoms with Gasteiger partial charge in [0.15, 0.2) is 5.69 Å². The lowest BCUT2D eigenvalue weighted by Gasteiger charge is -2.09. The second kappa shape index (κ2) is 5.38. The summed E-state index contributed by atoms with van der Waals surface area (Å²) in [7, 11) is 0. The highest BCUT2D eigenvalue weighted by atomic mass is 32.1. The summed E-state index contributed by atoms with van der Waals surface area (Å²) < 4.78 is 38.4. The number of hydrogen-bond donors (Lipinski definition) is 1. The Bertz CT molecular complexity index is 839. The summed E-state index contributed by atoms with van der Waals surface area (Å²) >= 11 is 0.646. The predicted molar refractivity (Wildman–Crippen MR) is 76.8 cm³/mol. The Hall–Kier alpha value is -2.48. The van der Waals surface area contributed by atoms with Crippen LogP contribution in [0.3, 0.4) is 0 Å². The minimum Gasteiger partial charge on any atom is -0.319 e. The number of nitrogens with zero attached hydrogens (tertiary/aromatic N) is 2. The Balaban J connectivity index is 1.96. The average Bonchev–Trinajstić information content (AvgIpc) is 2.97. The number of pyridine rings is 1. The third kappa shape index (κ3) is 2.64. The number of fused-ring (bicyclic) bond motifs is 1. The number of rotatable bonds is 2. The van der Waals surface area contributed by atoms with Crippen LogP contribution in [0.1, 0.15) is 15.4 Å². The van der Waals surface area contributed by atoms with E-state index in [1.165, 1.54) is 0 Å². The Morgan fingerprint density at radius 3 is 2.68 bits per heavy atom. The first-order valence-corrected chi connectivity index (χ1v) is 7.00. The number of halogens is 3. The number of amides is 1. The highest BCUT2D eigenvalue weighted by Gasteiger charge is 2.38. The first kappa shape index (κ1) is 14.5. The number of thiazole rings is 1. The van der Waals surface area contributed by atoms with Crippen LogP contribution in [0.5, 0.6) is 0 Å². The molecule has 1 aromatic carbocycles. The number of hydrogen-bond acceptors (Lipinski definition) is 4. The normalized spacial score (nSPS) is 11.6. The highest BCUT2D eigenvalue weighted by Crippen LogP contribution is 2.33. The van der Waals surface area contributed by atoms with E-state index in [0.29, 0.717) is 22.5 Å². The van der Waals surface area contributed by atoms with E-state index in [-0.39, 0.29) is 0 Å². The molecule has 3 aromatic rings. The van der Waals surface area contributed by atoms with Crippen molar-refractivity contribution in [2.24, 2.45) is 0 Å². The van der Waals surface area contributed by atoms with Crippen molar-refractivity contribution in [2.45, 2.75) is 6.18 Å². The molecule has 3 rings (SSSR count). The Morgan fingerprint density at radius 2 is 1.91 bits per heavy atom. The molecular formula is C14H8F3N3OS. The summed E-state index contributed by atoms with van der Waals surface area (Å²) in [4.78, 5) is 19.0. The van der Waals surface area contributed by atoms with Crippen LogP contribution in [-0.2, 0) is 6.18 Å². The summed E-state index contributed by atoms with van der Waals surface area (Å²) in [5, 5.41) is 3.25. The molecule has 8 heteroatoms. The second-order valence-corrected chi connectivity index (χ2v) is 5.22. The van der Waals surface area contributed by atoms with Gasteiger partial charge in [0, 0.05) is 11.6 Å². The zero-order valence-corrected chi connectivity index (χ0v) is 11.7. The van der Waals surface area contributed by atoms with Gasteiger partial charge in [-0.3, -0.25) is 9.78 Å². The Labute approximate surface area is 126 Å². The van der Waals surface area contributed by atoms with Crippen LogP contribution in [0, 0.1) is 0 Å². The molecule has 0 aliphatic heterocycles. The van der Waals surface area contributed by atoms with E-state index in [1.807, 2.05) is 0 Å². The summed E-state index contributed by atoms with van der Waals surface area (Å²) in [5.41, 5.74) is 0.684. The molecule has 0 aliphatic carbocycles. The van der Waals surface area contributed by atoms with E-state index in [0.717, 1.165) is 10.9 Å². The lowest BCUT2D eigenvalue weighted by atomic mass is 10.2. The predicted octanol–water partition coefficient (Wildman–Crippen LogP) is 3.96. The molecule has 0 bridgehead atoms. The van der Waals surface area contributed by atoms with Crippen molar-refractivity contribution in [1.82, 2.24) is 9.97 Å². The van der Waals surface area contributed by atoms with E-state index < -0.39 is 22.7 Å². The lowest BCUT2D eigenvalue weighted by Crippen LogP contribution is -2.17. The molecule has 112 valence electrons. The van der Waals surface area contributed by atoms with Gasteiger partial charge in [-0.1, -0.05) is 18.2 Å². The van der Waals surface area contributed by atoms with Crippen LogP contribution < -0.4 is 5.32 Å². The molecule has 4 nitrogen and oxygen atoms in total. The SMILES string of the molecule is O=C(Nc1cccc2cccnc12)c1scnc1C(F)(F)F. The minimum absolute atomic E-state index is 0.352. The zero-order chi connectivity index (χ0) is 15.7. The fourth-order valence-electron chi connectivity index (χ4n) is 1.99. The fraction of sp³-hybridized carbons (Fsp3) is 0.0714. The van der Waals surface area contributed by atoms with Crippen molar-refractivity contribution in [3.63, 3.8) is 0 Å². The van der Waals surface area contributed by atoms with Gasteiger partial charge >= 0.3 is 6.18 Å². The van der Waals surface area contributed by atoms with E-state index in [9.17, 15) is 18.0 Å². The van der Waals surface area contributed by atoms with Gasteiger partial charge in [0.2, 0.25) is 0 Å². The number of nitrogens with one attached hydrogen (secondary N) is 1. The van der Waals surface area contributed by atoms with E-state index >= 15 is 0 Å². The summed E-state index contributed by atoms with van der Waals surface area (Å²) in [6.07, 6.45) is -3.12. The number of carbonyl (C=O) groups is 1. The van der Waals surface area contributed by atoms with E-state index in [2.05, 4.69) is 15.3 Å². The monoisotopic (exact) mass is 323 g/mol. The molecule has 0 spiro atoms. The maximum atomic E-state index is 12.8. The maximum Gasteiger partial charge on any atom is 0.434 e. The van der Waals surface area contributed by atoms with Crippen LogP contribution >= 0.6 is 11.3 Å². The van der Waals surface area contributed by atoms with Crippen molar-refractivity contribution in [3.05, 3.63) is 52.6 Å². The molecule has 0 fully saturated rings. The Morgan fingerprint density at radius 1 is 1.14 bits per heavy atom. The topological polar surface area (TPSA) is 54.9 Å². The number of anilines is 1. The third-order valence-corrected chi connectivity index (χ3v) is 3.75. The molecule has 0 saturated heterocycles. The van der Waals surface area contributed by atoms with Gasteiger partial charge in [-0.05, 0) is 12.1 Å². The molecule has 0 aliphatic rings. The molecule has 1 N–H and O–H groups in total. The summed E-state index contributed by atoms with van der Waals surface area (Å²) in [5.74, 6) is -0.854. The lowest BCUT2D eigenvalue weighted by molar-refractivity contribution is -0.141. The molecule has 1 amide bonds. The van der Waals surface area contributed by atoms with E-state index in [1.54, 1.807) is 36.5 Å². The van der Waals surface area contributed by atoms with Crippen molar-refractivity contribution < 1.29 is 18.0 Å². The number of carbonyl (C=O) groups excluding carboxylic acids is 1. The summed E-state index contributed by atoms with van der Waals surface area (Å²) in [6, 6.07) is 8.61. The average molecular weight is 323 g/mol. The van der Waals surface area contributed by atoms with Crippen LogP contribution in [0.25, 0.3) is 10.9 Å². The largest absolute Gasteiger partial charge is 0.434 e. The van der Waals surface area contributed by atoms with Crippen LogP contribution in [0.2, 0.25) is 0 Å². The van der Waals surface area contributed by atoms with Gasteiger partial charge in [0.25, 0.3) is 5.91 Å². The van der Waals surface area contributed by atoms with Gasteiger partial charge in [-0.2, -0.15) is 13.2 Å². The third-order valence-electron chi connectivity index (χ3n) is 2.92. The molecule has 22 heavy (non-hydrogen) atoms. The zero-order valence-electron chi connectivity index (χ0n) is 10.9. The van der Waals surface area contributed by atoms with Gasteiger partial charge < -0.3 is 5.32 Å². The number of aromatic nitrogens is 2. The van der Waals surface area contributed by atoms with Gasteiger partial charge in [-0.15, -0.1) is 11.3 Å². The smallest absolute Gasteiger partial charge is 0.319 e. The molecule has 0 saturated carbocycles. The highest BCUT2D eigenvalue weighted by molar-refractivity contribution is 7.12. The molecule has 2 aromatic heterocycles. The Kier molecular flexibility index (Phi) is 3.53. The van der Waals surface area contributed by atoms with Crippen molar-refractivity contribution in [1.29, 1.82) is 0 Å². The molecule has 2 heterocycles. The number of para-hydroxylation sites is 1. The first-order chi connectivity index (χ1) is 10.5. The number of benzene rings is 1. The molecule has 0 atom stereocenters. The fourth-order valence-corrected chi connectivity index (χ4v) is 2.70.